The third-order valence-corrected chi connectivity index (χ3v) is 5.46. The van der Waals surface area contributed by atoms with Crippen LogP contribution in [0.2, 0.25) is 5.02 Å². The van der Waals surface area contributed by atoms with Crippen LogP contribution >= 0.6 is 11.6 Å². The molecule has 0 amide bonds. The topological polar surface area (TPSA) is 48.5 Å². The van der Waals surface area contributed by atoms with Gasteiger partial charge in [-0.05, 0) is 30.7 Å². The predicted molar refractivity (Wildman–Crippen MR) is 121 cm³/mol. The van der Waals surface area contributed by atoms with E-state index in [1.165, 1.54) is 0 Å². The summed E-state index contributed by atoms with van der Waals surface area (Å²) in [6, 6.07) is 16.8. The van der Waals surface area contributed by atoms with Crippen LogP contribution in [0, 0.1) is 0 Å². The Morgan fingerprint density at radius 2 is 1.83 bits per heavy atom. The molecule has 0 spiro atoms. The van der Waals surface area contributed by atoms with Gasteiger partial charge in [0, 0.05) is 35.0 Å². The summed E-state index contributed by atoms with van der Waals surface area (Å²) in [7, 11) is 1.65. The Kier molecular flexibility index (Phi) is 5.91. The van der Waals surface area contributed by atoms with E-state index < -0.39 is 0 Å². The Labute approximate surface area is 180 Å². The quantitative estimate of drug-likeness (QED) is 0.360. The van der Waals surface area contributed by atoms with Gasteiger partial charge in [0.2, 0.25) is 5.78 Å². The molecule has 0 saturated carbocycles. The Morgan fingerprint density at radius 3 is 2.57 bits per heavy atom. The summed E-state index contributed by atoms with van der Waals surface area (Å²) in [5.41, 5.74) is 3.34. The predicted octanol–water partition coefficient (Wildman–Crippen LogP) is 5.68. The van der Waals surface area contributed by atoms with Crippen LogP contribution in [0.5, 0.6) is 5.75 Å². The van der Waals surface area contributed by atoms with E-state index >= 15 is 0 Å². The molecular formula is C24H24ClN3O2. The Balaban J connectivity index is 1.90. The van der Waals surface area contributed by atoms with Crippen LogP contribution in [-0.2, 0) is 6.54 Å². The second-order valence-electron chi connectivity index (χ2n) is 7.26. The maximum Gasteiger partial charge on any atom is 0.259 e. The van der Waals surface area contributed by atoms with Crippen LogP contribution < -0.4 is 10.3 Å². The van der Waals surface area contributed by atoms with Crippen molar-refractivity contribution in [3.63, 3.8) is 0 Å². The summed E-state index contributed by atoms with van der Waals surface area (Å²) in [6.07, 6.45) is 5.12. The van der Waals surface area contributed by atoms with Gasteiger partial charge in [-0.25, -0.2) is 4.98 Å². The molecule has 0 aliphatic rings. The van der Waals surface area contributed by atoms with Gasteiger partial charge in [-0.2, -0.15) is 0 Å². The molecule has 0 aliphatic heterocycles. The number of aryl methyl sites for hydroxylation is 1. The lowest BCUT2D eigenvalue weighted by molar-refractivity contribution is 0.415. The number of aromatic nitrogens is 3. The third kappa shape index (κ3) is 3.98. The highest BCUT2D eigenvalue weighted by atomic mass is 35.5. The highest BCUT2D eigenvalue weighted by molar-refractivity contribution is 6.30. The van der Waals surface area contributed by atoms with Crippen molar-refractivity contribution >= 4 is 17.4 Å². The first kappa shape index (κ1) is 20.2. The first-order chi connectivity index (χ1) is 14.6. The molecule has 4 aromatic rings. The van der Waals surface area contributed by atoms with Gasteiger partial charge in [0.1, 0.15) is 5.75 Å². The minimum atomic E-state index is -0.108. The number of unbranched alkanes of at least 4 members (excludes halogenated alkanes) is 2. The number of ether oxygens (including phenoxy) is 1. The zero-order valence-electron chi connectivity index (χ0n) is 17.1. The van der Waals surface area contributed by atoms with Gasteiger partial charge < -0.3 is 9.30 Å². The van der Waals surface area contributed by atoms with Gasteiger partial charge in [0.25, 0.3) is 5.56 Å². The van der Waals surface area contributed by atoms with Crippen LogP contribution in [-0.4, -0.2) is 21.1 Å². The average Bonchev–Trinajstić information content (AvgIpc) is 3.14. The molecule has 2 heterocycles. The molecule has 2 aromatic heterocycles. The molecule has 2 aromatic carbocycles. The average molecular weight is 422 g/mol. The maximum atomic E-state index is 12.9. The Hall–Kier alpha value is -3.05. The van der Waals surface area contributed by atoms with Crippen molar-refractivity contribution in [2.45, 2.75) is 32.7 Å². The number of imidazole rings is 1. The molecule has 0 N–H and O–H groups in total. The van der Waals surface area contributed by atoms with Gasteiger partial charge in [0.15, 0.2) is 0 Å². The fourth-order valence-corrected chi connectivity index (χ4v) is 3.74. The molecule has 0 atom stereocenters. The molecule has 0 unspecified atom stereocenters. The summed E-state index contributed by atoms with van der Waals surface area (Å²) in [6.45, 7) is 2.96. The van der Waals surface area contributed by atoms with Crippen molar-refractivity contribution in [2.24, 2.45) is 0 Å². The molecule has 6 heteroatoms. The van der Waals surface area contributed by atoms with Crippen molar-refractivity contribution in [2.75, 3.05) is 7.11 Å². The van der Waals surface area contributed by atoms with Gasteiger partial charge in [0.05, 0.1) is 18.5 Å². The first-order valence-electron chi connectivity index (χ1n) is 10.1. The number of halogens is 1. The molecule has 30 heavy (non-hydrogen) atoms. The van der Waals surface area contributed by atoms with E-state index in [2.05, 4.69) is 11.5 Å². The number of methoxy groups -OCH3 is 1. The second kappa shape index (κ2) is 8.76. The van der Waals surface area contributed by atoms with Gasteiger partial charge in [-0.3, -0.25) is 9.20 Å². The zero-order valence-corrected chi connectivity index (χ0v) is 17.9. The number of rotatable bonds is 7. The summed E-state index contributed by atoms with van der Waals surface area (Å²) in [4.78, 5) is 17.8. The summed E-state index contributed by atoms with van der Waals surface area (Å²) < 4.78 is 9.15. The lowest BCUT2D eigenvalue weighted by Gasteiger charge is -2.11. The highest BCUT2D eigenvalue weighted by Crippen LogP contribution is 2.27. The second-order valence-corrected chi connectivity index (χ2v) is 7.70. The Bertz CT molecular complexity index is 1230. The van der Waals surface area contributed by atoms with Crippen LogP contribution in [0.25, 0.3) is 28.3 Å². The SMILES string of the molecule is CCCCCn1c(-c2cccc(OC)c2)cn2c(=O)cc(-c3ccc(Cl)cc3)nc12. The van der Waals surface area contributed by atoms with Crippen LogP contribution in [0.15, 0.2) is 65.6 Å². The van der Waals surface area contributed by atoms with E-state index in [0.29, 0.717) is 16.5 Å². The fraction of sp³-hybridized carbons (Fsp3) is 0.250. The Morgan fingerprint density at radius 1 is 1.03 bits per heavy atom. The molecular weight excluding hydrogens is 398 g/mol. The van der Waals surface area contributed by atoms with Crippen molar-refractivity contribution in [1.82, 2.24) is 14.0 Å². The molecule has 5 nitrogen and oxygen atoms in total. The molecule has 0 aliphatic carbocycles. The molecule has 154 valence electrons. The van der Waals surface area contributed by atoms with Crippen LogP contribution in [0.1, 0.15) is 26.2 Å². The minimum absolute atomic E-state index is 0.108. The normalized spacial score (nSPS) is 11.2. The summed E-state index contributed by atoms with van der Waals surface area (Å²) in [5.74, 6) is 1.42. The van der Waals surface area contributed by atoms with Crippen LogP contribution in [0.3, 0.4) is 0 Å². The third-order valence-electron chi connectivity index (χ3n) is 5.21. The fourth-order valence-electron chi connectivity index (χ4n) is 3.61. The standard InChI is InChI=1S/C24H24ClN3O2/c1-3-4-5-13-27-22(18-7-6-8-20(14-18)30-2)16-28-23(29)15-21(26-24(27)28)17-9-11-19(25)12-10-17/h6-12,14-16H,3-5,13H2,1-2H3. The minimum Gasteiger partial charge on any atom is -0.497 e. The molecule has 4 rings (SSSR count). The number of benzene rings is 2. The summed E-state index contributed by atoms with van der Waals surface area (Å²) >= 11 is 6.02. The van der Waals surface area contributed by atoms with Crippen molar-refractivity contribution in [3.05, 3.63) is 76.2 Å². The molecule has 0 bridgehead atoms. The van der Waals surface area contributed by atoms with E-state index in [1.807, 2.05) is 54.7 Å². The van der Waals surface area contributed by atoms with Gasteiger partial charge in [-0.15, -0.1) is 0 Å². The summed E-state index contributed by atoms with van der Waals surface area (Å²) in [5, 5.41) is 0.653. The van der Waals surface area contributed by atoms with Gasteiger partial charge >= 0.3 is 0 Å². The monoisotopic (exact) mass is 421 g/mol. The number of nitrogens with zero attached hydrogens (tertiary/aromatic N) is 3. The molecule has 0 radical (unpaired) electrons. The number of fused-ring (bicyclic) bond motifs is 1. The van der Waals surface area contributed by atoms with E-state index in [4.69, 9.17) is 21.3 Å². The van der Waals surface area contributed by atoms with E-state index in [-0.39, 0.29) is 5.56 Å². The largest absolute Gasteiger partial charge is 0.497 e. The maximum absolute atomic E-state index is 12.9. The zero-order chi connectivity index (χ0) is 21.1. The lowest BCUT2D eigenvalue weighted by atomic mass is 10.1. The lowest BCUT2D eigenvalue weighted by Crippen LogP contribution is -2.14. The number of hydrogen-bond donors (Lipinski definition) is 0. The first-order valence-corrected chi connectivity index (χ1v) is 10.5. The smallest absolute Gasteiger partial charge is 0.259 e. The number of hydrogen-bond acceptors (Lipinski definition) is 3. The molecule has 0 saturated heterocycles. The van der Waals surface area contributed by atoms with E-state index in [0.717, 1.165) is 48.4 Å². The highest BCUT2D eigenvalue weighted by Gasteiger charge is 2.15. The van der Waals surface area contributed by atoms with E-state index in [1.54, 1.807) is 17.6 Å². The van der Waals surface area contributed by atoms with Crippen molar-refractivity contribution < 1.29 is 4.74 Å². The van der Waals surface area contributed by atoms with Gasteiger partial charge in [-0.1, -0.05) is 55.6 Å². The molecule has 0 fully saturated rings. The van der Waals surface area contributed by atoms with E-state index in [9.17, 15) is 4.79 Å². The van der Waals surface area contributed by atoms with Crippen molar-refractivity contribution in [3.8, 4) is 28.3 Å². The van der Waals surface area contributed by atoms with Crippen molar-refractivity contribution in [1.29, 1.82) is 0 Å². The van der Waals surface area contributed by atoms with Crippen LogP contribution in [0.4, 0.5) is 0 Å².